The summed E-state index contributed by atoms with van der Waals surface area (Å²) in [7, 11) is 1.89. The minimum absolute atomic E-state index is 0.354. The van der Waals surface area contributed by atoms with Crippen molar-refractivity contribution in [3.8, 4) is 16.9 Å². The van der Waals surface area contributed by atoms with Crippen LogP contribution in [0.5, 0.6) is 0 Å². The third-order valence-electron chi connectivity index (χ3n) is 4.56. The topological polar surface area (TPSA) is 35.6 Å². The van der Waals surface area contributed by atoms with Crippen molar-refractivity contribution in [1.29, 1.82) is 0 Å². The highest BCUT2D eigenvalue weighted by Crippen LogP contribution is 2.36. The minimum Gasteiger partial charge on any atom is -0.340 e. The van der Waals surface area contributed by atoms with Gasteiger partial charge in [-0.25, -0.2) is 9.67 Å². The van der Waals surface area contributed by atoms with E-state index in [-0.39, 0.29) is 0 Å². The average Bonchev–Trinajstić information content (AvgIpc) is 3.18. The molecule has 7 heteroatoms. The molecule has 0 aliphatic heterocycles. The molecular weight excluding hydrogens is 329 g/mol. The molecule has 3 aromatic rings. The summed E-state index contributed by atoms with van der Waals surface area (Å²) in [5.74, 6) is 0. The Labute approximate surface area is 142 Å². The lowest BCUT2D eigenvalue weighted by molar-refractivity contribution is -0.142. The van der Waals surface area contributed by atoms with Gasteiger partial charge in [0.1, 0.15) is 0 Å². The van der Waals surface area contributed by atoms with Gasteiger partial charge in [-0.15, -0.1) is 0 Å². The smallest absolute Gasteiger partial charge is 0.340 e. The zero-order valence-electron chi connectivity index (χ0n) is 13.7. The molecule has 2 aromatic heterocycles. The summed E-state index contributed by atoms with van der Waals surface area (Å²) in [5, 5.41) is 3.91. The van der Waals surface area contributed by atoms with E-state index in [1.54, 1.807) is 18.5 Å². The lowest BCUT2D eigenvalue weighted by atomic mass is 9.95. The van der Waals surface area contributed by atoms with E-state index in [4.69, 9.17) is 0 Å². The van der Waals surface area contributed by atoms with Crippen LogP contribution in [0.1, 0.15) is 29.8 Å². The Hall–Kier alpha value is -2.57. The Balaban J connectivity index is 1.76. The molecule has 0 amide bonds. The largest absolute Gasteiger partial charge is 0.435 e. The summed E-state index contributed by atoms with van der Waals surface area (Å²) in [6.45, 7) is 0. The Morgan fingerprint density at radius 1 is 1.04 bits per heavy atom. The van der Waals surface area contributed by atoms with Crippen molar-refractivity contribution in [2.75, 3.05) is 0 Å². The van der Waals surface area contributed by atoms with Gasteiger partial charge in [-0.1, -0.05) is 12.1 Å². The highest BCUT2D eigenvalue weighted by molar-refractivity contribution is 5.60. The summed E-state index contributed by atoms with van der Waals surface area (Å²) >= 11 is 0. The number of benzene rings is 1. The van der Waals surface area contributed by atoms with Crippen LogP contribution in [0.3, 0.4) is 0 Å². The molecule has 0 unspecified atom stereocenters. The van der Waals surface area contributed by atoms with Crippen LogP contribution < -0.4 is 0 Å². The first-order valence-corrected chi connectivity index (χ1v) is 8.20. The molecule has 1 aliphatic carbocycles. The second-order valence-corrected chi connectivity index (χ2v) is 6.36. The van der Waals surface area contributed by atoms with E-state index in [0.29, 0.717) is 29.8 Å². The van der Waals surface area contributed by atoms with Crippen LogP contribution >= 0.6 is 0 Å². The van der Waals surface area contributed by atoms with E-state index in [1.807, 2.05) is 29.9 Å². The van der Waals surface area contributed by atoms with Gasteiger partial charge in [0.15, 0.2) is 5.69 Å². The Morgan fingerprint density at radius 3 is 2.40 bits per heavy atom. The Bertz CT molecular complexity index is 904. The fraction of sp³-hybridized carbons (Fsp3) is 0.333. The molecule has 25 heavy (non-hydrogen) atoms. The monoisotopic (exact) mass is 346 g/mol. The van der Waals surface area contributed by atoms with E-state index >= 15 is 0 Å². The van der Waals surface area contributed by atoms with Crippen molar-refractivity contribution in [3.63, 3.8) is 0 Å². The number of fused-ring (bicyclic) bond motifs is 1. The summed E-state index contributed by atoms with van der Waals surface area (Å²) in [6, 6.07) is 7.32. The second kappa shape index (κ2) is 5.75. The molecule has 130 valence electrons. The van der Waals surface area contributed by atoms with Crippen LogP contribution in [0.4, 0.5) is 13.2 Å². The molecule has 4 rings (SSSR count). The van der Waals surface area contributed by atoms with Crippen LogP contribution in [0.15, 0.2) is 36.8 Å². The van der Waals surface area contributed by atoms with Crippen LogP contribution in [0.25, 0.3) is 16.9 Å². The zero-order valence-corrected chi connectivity index (χ0v) is 13.7. The highest BCUT2D eigenvalue weighted by Gasteiger charge is 2.39. The van der Waals surface area contributed by atoms with Crippen LogP contribution in [0.2, 0.25) is 0 Å². The number of aromatic nitrogens is 4. The number of halogens is 3. The number of rotatable bonds is 2. The van der Waals surface area contributed by atoms with Crippen LogP contribution in [-0.4, -0.2) is 19.3 Å². The maximum Gasteiger partial charge on any atom is 0.435 e. The van der Waals surface area contributed by atoms with Crippen molar-refractivity contribution in [3.05, 3.63) is 53.7 Å². The lowest BCUT2D eigenvalue weighted by Crippen LogP contribution is -2.11. The van der Waals surface area contributed by atoms with Gasteiger partial charge >= 0.3 is 6.18 Å². The third kappa shape index (κ3) is 2.83. The number of hydrogen-bond donors (Lipinski definition) is 0. The number of nitrogens with zero attached hydrogens (tertiary/aromatic N) is 4. The molecule has 0 spiro atoms. The third-order valence-corrected chi connectivity index (χ3v) is 4.56. The van der Waals surface area contributed by atoms with E-state index in [9.17, 15) is 13.2 Å². The number of imidazole rings is 1. The SMILES string of the molecule is Cn1cnc(-c2ccc(-n3nc(C(F)(F)F)c4c3CCCC4)cc2)c1. The van der Waals surface area contributed by atoms with Crippen molar-refractivity contribution in [1.82, 2.24) is 19.3 Å². The quantitative estimate of drug-likeness (QED) is 0.698. The first kappa shape index (κ1) is 15.9. The van der Waals surface area contributed by atoms with Crippen molar-refractivity contribution < 1.29 is 13.2 Å². The molecule has 0 radical (unpaired) electrons. The zero-order chi connectivity index (χ0) is 17.6. The molecule has 1 aromatic carbocycles. The van der Waals surface area contributed by atoms with Gasteiger partial charge in [-0.3, -0.25) is 0 Å². The van der Waals surface area contributed by atoms with E-state index in [1.165, 1.54) is 4.68 Å². The molecular formula is C18H17F3N4. The number of aryl methyl sites for hydroxylation is 1. The first-order chi connectivity index (χ1) is 11.9. The van der Waals surface area contributed by atoms with Gasteiger partial charge in [0.25, 0.3) is 0 Å². The van der Waals surface area contributed by atoms with Gasteiger partial charge in [0, 0.05) is 30.1 Å². The fourth-order valence-electron chi connectivity index (χ4n) is 3.38. The van der Waals surface area contributed by atoms with Gasteiger partial charge < -0.3 is 4.57 Å². The van der Waals surface area contributed by atoms with Gasteiger partial charge in [-0.05, 0) is 37.8 Å². The summed E-state index contributed by atoms with van der Waals surface area (Å²) in [6.07, 6.45) is 1.93. The molecule has 0 saturated heterocycles. The second-order valence-electron chi connectivity index (χ2n) is 6.36. The fourth-order valence-corrected chi connectivity index (χ4v) is 3.38. The van der Waals surface area contributed by atoms with Crippen molar-refractivity contribution in [2.45, 2.75) is 31.9 Å². The van der Waals surface area contributed by atoms with Gasteiger partial charge in [0.2, 0.25) is 0 Å². The maximum absolute atomic E-state index is 13.3. The predicted octanol–water partition coefficient (Wildman–Crippen LogP) is 4.17. The normalized spacial score (nSPS) is 14.6. The number of alkyl halides is 3. The molecule has 0 saturated carbocycles. The molecule has 2 heterocycles. The maximum atomic E-state index is 13.3. The summed E-state index contributed by atoms with van der Waals surface area (Å²) in [4.78, 5) is 4.29. The van der Waals surface area contributed by atoms with Crippen molar-refractivity contribution >= 4 is 0 Å². The molecule has 1 aliphatic rings. The van der Waals surface area contributed by atoms with Crippen LogP contribution in [0, 0.1) is 0 Å². The molecule has 4 nitrogen and oxygen atoms in total. The summed E-state index contributed by atoms with van der Waals surface area (Å²) < 4.78 is 43.2. The standard InChI is InChI=1S/C18H17F3N4/c1-24-10-15(22-11-24)12-6-8-13(9-7-12)25-16-5-3-2-4-14(16)17(23-25)18(19,20)21/h6-11H,2-5H2,1H3. The molecule has 0 atom stereocenters. The summed E-state index contributed by atoms with van der Waals surface area (Å²) in [5.41, 5.74) is 2.69. The molecule has 0 bridgehead atoms. The van der Waals surface area contributed by atoms with Crippen molar-refractivity contribution in [2.24, 2.45) is 7.05 Å². The van der Waals surface area contributed by atoms with Gasteiger partial charge in [0.05, 0.1) is 17.7 Å². The lowest BCUT2D eigenvalue weighted by Gasteiger charge is -2.14. The Kier molecular flexibility index (Phi) is 3.67. The van der Waals surface area contributed by atoms with Gasteiger partial charge in [-0.2, -0.15) is 18.3 Å². The first-order valence-electron chi connectivity index (χ1n) is 8.20. The van der Waals surface area contributed by atoms with E-state index in [2.05, 4.69) is 10.1 Å². The van der Waals surface area contributed by atoms with E-state index < -0.39 is 11.9 Å². The highest BCUT2D eigenvalue weighted by atomic mass is 19.4. The minimum atomic E-state index is -4.42. The van der Waals surface area contributed by atoms with E-state index in [0.717, 1.165) is 24.1 Å². The predicted molar refractivity (Wildman–Crippen MR) is 87.4 cm³/mol. The Morgan fingerprint density at radius 2 is 1.76 bits per heavy atom. The molecule has 0 fully saturated rings. The number of hydrogen-bond acceptors (Lipinski definition) is 2. The average molecular weight is 346 g/mol. The molecule has 0 N–H and O–H groups in total. The van der Waals surface area contributed by atoms with Crippen LogP contribution in [-0.2, 0) is 26.1 Å².